The molecule has 0 bridgehead atoms. The molecule has 0 radical (unpaired) electrons. The highest BCUT2D eigenvalue weighted by Crippen LogP contribution is 2.23. The fourth-order valence-electron chi connectivity index (χ4n) is 3.31. The van der Waals surface area contributed by atoms with Crippen molar-refractivity contribution in [1.29, 1.82) is 0 Å². The molecular formula is C17H20N2O4. The number of carboxylic acids is 1. The molecule has 0 aromatic heterocycles. The van der Waals surface area contributed by atoms with E-state index in [4.69, 9.17) is 5.11 Å². The van der Waals surface area contributed by atoms with Gasteiger partial charge in [0.1, 0.15) is 6.04 Å². The first-order valence-corrected chi connectivity index (χ1v) is 7.98. The lowest BCUT2D eigenvalue weighted by Crippen LogP contribution is -2.41. The molecule has 0 spiro atoms. The molecule has 2 aliphatic heterocycles. The van der Waals surface area contributed by atoms with E-state index in [1.807, 2.05) is 24.3 Å². The number of hydrogen-bond acceptors (Lipinski definition) is 3. The largest absolute Gasteiger partial charge is 0.480 e. The number of carbonyl (C=O) groups is 3. The van der Waals surface area contributed by atoms with Crippen molar-refractivity contribution in [3.63, 3.8) is 0 Å². The number of hydrogen-bond donors (Lipinski definition) is 1. The number of benzene rings is 1. The van der Waals surface area contributed by atoms with Gasteiger partial charge < -0.3 is 14.9 Å². The van der Waals surface area contributed by atoms with Gasteiger partial charge in [-0.2, -0.15) is 0 Å². The van der Waals surface area contributed by atoms with Crippen LogP contribution >= 0.6 is 0 Å². The molecule has 6 heteroatoms. The fourth-order valence-corrected chi connectivity index (χ4v) is 3.31. The molecule has 122 valence electrons. The minimum absolute atomic E-state index is 0.134. The predicted molar refractivity (Wildman–Crippen MR) is 84.1 cm³/mol. The average molecular weight is 316 g/mol. The molecule has 2 amide bonds. The Bertz CT molecular complexity index is 626. The third kappa shape index (κ3) is 3.21. The van der Waals surface area contributed by atoms with Crippen LogP contribution < -0.4 is 4.90 Å². The molecule has 0 aliphatic carbocycles. The lowest BCUT2D eigenvalue weighted by Gasteiger charge is -2.21. The van der Waals surface area contributed by atoms with Crippen molar-refractivity contribution in [3.05, 3.63) is 29.8 Å². The highest BCUT2D eigenvalue weighted by Gasteiger charge is 2.33. The molecule has 23 heavy (non-hydrogen) atoms. The van der Waals surface area contributed by atoms with Crippen molar-refractivity contribution in [1.82, 2.24) is 4.90 Å². The van der Waals surface area contributed by atoms with E-state index >= 15 is 0 Å². The van der Waals surface area contributed by atoms with Gasteiger partial charge in [0.2, 0.25) is 11.8 Å². The SMILES string of the molecule is O=C(O)C1CCCN1C(=O)Cc1ccc(N2CCCC2=O)cc1. The Kier molecular flexibility index (Phi) is 4.32. The van der Waals surface area contributed by atoms with Gasteiger partial charge in [-0.1, -0.05) is 12.1 Å². The minimum atomic E-state index is -0.932. The zero-order valence-corrected chi connectivity index (χ0v) is 12.9. The molecular weight excluding hydrogens is 296 g/mol. The zero-order chi connectivity index (χ0) is 16.4. The highest BCUT2D eigenvalue weighted by atomic mass is 16.4. The standard InChI is InChI=1S/C17H20N2O4/c20-15-4-2-9-18(15)13-7-5-12(6-8-13)11-16(21)19-10-1-3-14(19)17(22)23/h5-8,14H,1-4,9-11H2,(H,22,23). The number of carboxylic acid groups (broad SMARTS) is 1. The van der Waals surface area contributed by atoms with E-state index in [2.05, 4.69) is 0 Å². The van der Waals surface area contributed by atoms with Gasteiger partial charge in [0, 0.05) is 25.2 Å². The molecule has 1 aromatic rings. The third-order valence-electron chi connectivity index (χ3n) is 4.53. The molecule has 0 saturated carbocycles. The Balaban J connectivity index is 1.65. The van der Waals surface area contributed by atoms with Crippen LogP contribution in [-0.2, 0) is 20.8 Å². The predicted octanol–water partition coefficient (Wildman–Crippen LogP) is 1.43. The van der Waals surface area contributed by atoms with Crippen LogP contribution in [0.15, 0.2) is 24.3 Å². The zero-order valence-electron chi connectivity index (χ0n) is 12.9. The molecule has 2 fully saturated rings. The summed E-state index contributed by atoms with van der Waals surface area (Å²) in [6.07, 6.45) is 2.92. The van der Waals surface area contributed by atoms with E-state index in [1.54, 1.807) is 4.90 Å². The molecule has 1 unspecified atom stereocenters. The smallest absolute Gasteiger partial charge is 0.326 e. The lowest BCUT2D eigenvalue weighted by molar-refractivity contribution is -0.148. The minimum Gasteiger partial charge on any atom is -0.480 e. The molecule has 1 atom stereocenters. The van der Waals surface area contributed by atoms with Crippen LogP contribution in [-0.4, -0.2) is 46.9 Å². The number of amides is 2. The molecule has 2 saturated heterocycles. The second-order valence-electron chi connectivity index (χ2n) is 6.08. The maximum Gasteiger partial charge on any atom is 0.326 e. The van der Waals surface area contributed by atoms with Gasteiger partial charge in [0.25, 0.3) is 0 Å². The van der Waals surface area contributed by atoms with Crippen molar-refractivity contribution in [3.8, 4) is 0 Å². The van der Waals surface area contributed by atoms with Gasteiger partial charge in [0.15, 0.2) is 0 Å². The Hall–Kier alpha value is -2.37. The summed E-state index contributed by atoms with van der Waals surface area (Å²) < 4.78 is 0. The van der Waals surface area contributed by atoms with Crippen molar-refractivity contribution in [2.75, 3.05) is 18.0 Å². The van der Waals surface area contributed by atoms with E-state index in [1.165, 1.54) is 4.90 Å². The van der Waals surface area contributed by atoms with Crippen molar-refractivity contribution < 1.29 is 19.5 Å². The fraction of sp³-hybridized carbons (Fsp3) is 0.471. The number of carbonyl (C=O) groups excluding carboxylic acids is 2. The van der Waals surface area contributed by atoms with Gasteiger partial charge >= 0.3 is 5.97 Å². The summed E-state index contributed by atoms with van der Waals surface area (Å²) in [6.45, 7) is 1.25. The summed E-state index contributed by atoms with van der Waals surface area (Å²) in [4.78, 5) is 38.4. The summed E-state index contributed by atoms with van der Waals surface area (Å²) in [5, 5.41) is 9.15. The Morgan fingerprint density at radius 2 is 1.87 bits per heavy atom. The summed E-state index contributed by atoms with van der Waals surface area (Å²) in [7, 11) is 0. The second kappa shape index (κ2) is 6.40. The van der Waals surface area contributed by atoms with Crippen LogP contribution in [0, 0.1) is 0 Å². The van der Waals surface area contributed by atoms with Crippen LogP contribution in [0.25, 0.3) is 0 Å². The first kappa shape index (κ1) is 15.5. The van der Waals surface area contributed by atoms with Gasteiger partial charge in [-0.3, -0.25) is 9.59 Å². The van der Waals surface area contributed by atoms with Crippen LogP contribution in [0.3, 0.4) is 0 Å². The van der Waals surface area contributed by atoms with Crippen LogP contribution in [0.5, 0.6) is 0 Å². The van der Waals surface area contributed by atoms with Gasteiger partial charge in [-0.25, -0.2) is 4.79 Å². The van der Waals surface area contributed by atoms with E-state index < -0.39 is 12.0 Å². The number of aliphatic carboxylic acids is 1. The topological polar surface area (TPSA) is 77.9 Å². The molecule has 3 rings (SSSR count). The highest BCUT2D eigenvalue weighted by molar-refractivity contribution is 5.95. The number of likely N-dealkylation sites (tertiary alicyclic amines) is 1. The summed E-state index contributed by atoms with van der Waals surface area (Å²) in [5.74, 6) is -0.950. The van der Waals surface area contributed by atoms with Gasteiger partial charge in [0.05, 0.1) is 6.42 Å². The summed E-state index contributed by atoms with van der Waals surface area (Å²) >= 11 is 0. The maximum atomic E-state index is 12.3. The van der Waals surface area contributed by atoms with Crippen molar-refractivity contribution >= 4 is 23.5 Å². The van der Waals surface area contributed by atoms with Gasteiger partial charge in [-0.15, -0.1) is 0 Å². The monoisotopic (exact) mass is 316 g/mol. The van der Waals surface area contributed by atoms with Crippen LogP contribution in [0.2, 0.25) is 0 Å². The maximum absolute atomic E-state index is 12.3. The Morgan fingerprint density at radius 3 is 2.48 bits per heavy atom. The molecule has 6 nitrogen and oxygen atoms in total. The first-order valence-electron chi connectivity index (χ1n) is 7.98. The lowest BCUT2D eigenvalue weighted by atomic mass is 10.1. The van der Waals surface area contributed by atoms with Gasteiger partial charge in [-0.05, 0) is 37.0 Å². The van der Waals surface area contributed by atoms with Crippen molar-refractivity contribution in [2.24, 2.45) is 0 Å². The van der Waals surface area contributed by atoms with E-state index in [0.717, 1.165) is 30.6 Å². The number of nitrogens with zero attached hydrogens (tertiary/aromatic N) is 2. The third-order valence-corrected chi connectivity index (χ3v) is 4.53. The second-order valence-corrected chi connectivity index (χ2v) is 6.08. The Morgan fingerprint density at radius 1 is 1.13 bits per heavy atom. The Labute approximate surface area is 134 Å². The van der Waals surface area contributed by atoms with Crippen LogP contribution in [0.1, 0.15) is 31.2 Å². The first-order chi connectivity index (χ1) is 11.1. The van der Waals surface area contributed by atoms with E-state index in [9.17, 15) is 14.4 Å². The molecule has 1 aromatic carbocycles. The van der Waals surface area contributed by atoms with Crippen LogP contribution in [0.4, 0.5) is 5.69 Å². The summed E-state index contributed by atoms with van der Waals surface area (Å²) in [6, 6.07) is 6.69. The quantitative estimate of drug-likeness (QED) is 0.911. The van der Waals surface area contributed by atoms with E-state index in [-0.39, 0.29) is 18.2 Å². The molecule has 2 aliphatic rings. The normalized spacial score (nSPS) is 21.0. The molecule has 2 heterocycles. The molecule has 1 N–H and O–H groups in total. The number of anilines is 1. The van der Waals surface area contributed by atoms with E-state index in [0.29, 0.717) is 19.4 Å². The van der Waals surface area contributed by atoms with Crippen molar-refractivity contribution in [2.45, 2.75) is 38.1 Å². The number of rotatable bonds is 4. The average Bonchev–Trinajstić information content (AvgIpc) is 3.17. The summed E-state index contributed by atoms with van der Waals surface area (Å²) in [5.41, 5.74) is 1.69.